The maximum absolute atomic E-state index is 13.2. The van der Waals surface area contributed by atoms with Crippen LogP contribution in [-0.4, -0.2) is 73.5 Å². The van der Waals surface area contributed by atoms with Crippen LogP contribution in [0.5, 0.6) is 0 Å². The van der Waals surface area contributed by atoms with Gasteiger partial charge in [-0.3, -0.25) is 9.59 Å². The summed E-state index contributed by atoms with van der Waals surface area (Å²) in [7, 11) is 0. The molecule has 7 heteroatoms. The third-order valence-corrected chi connectivity index (χ3v) is 8.83. The molecular formula is C35H52N2O5. The van der Waals surface area contributed by atoms with Crippen molar-refractivity contribution in [2.24, 2.45) is 11.8 Å². The van der Waals surface area contributed by atoms with E-state index in [0.717, 1.165) is 64.7 Å². The molecule has 0 aliphatic carbocycles. The maximum Gasteiger partial charge on any atom is 0.309 e. The topological polar surface area (TPSA) is 77.1 Å². The summed E-state index contributed by atoms with van der Waals surface area (Å²) in [5.41, 5.74) is 1.35. The molecule has 7 atom stereocenters. The van der Waals surface area contributed by atoms with Crippen LogP contribution in [-0.2, 0) is 23.8 Å². The average molecular weight is 581 g/mol. The van der Waals surface area contributed by atoms with Gasteiger partial charge in [0.1, 0.15) is 6.10 Å². The van der Waals surface area contributed by atoms with Crippen molar-refractivity contribution in [3.8, 4) is 0 Å². The molecule has 0 radical (unpaired) electrons. The summed E-state index contributed by atoms with van der Waals surface area (Å²) in [6.45, 7) is 9.68. The Hall–Kier alpha value is -2.48. The molecule has 42 heavy (non-hydrogen) atoms. The molecule has 4 bridgehead atoms. The van der Waals surface area contributed by atoms with Crippen LogP contribution >= 0.6 is 0 Å². The lowest BCUT2D eigenvalue weighted by Gasteiger charge is -2.37. The van der Waals surface area contributed by atoms with Crippen LogP contribution in [0.15, 0.2) is 60.3 Å². The van der Waals surface area contributed by atoms with Gasteiger partial charge in [0.2, 0.25) is 5.91 Å². The summed E-state index contributed by atoms with van der Waals surface area (Å²) >= 11 is 0. The van der Waals surface area contributed by atoms with Crippen molar-refractivity contribution < 1.29 is 23.8 Å². The summed E-state index contributed by atoms with van der Waals surface area (Å²) in [4.78, 5) is 27.4. The predicted octanol–water partition coefficient (Wildman–Crippen LogP) is 5.83. The smallest absolute Gasteiger partial charge is 0.309 e. The van der Waals surface area contributed by atoms with Gasteiger partial charge in [0.05, 0.1) is 30.8 Å². The number of piperazine rings is 1. The van der Waals surface area contributed by atoms with Gasteiger partial charge in [-0.1, -0.05) is 68.0 Å². The van der Waals surface area contributed by atoms with Crippen LogP contribution in [0.1, 0.15) is 78.6 Å². The fourth-order valence-electron chi connectivity index (χ4n) is 6.42. The monoisotopic (exact) mass is 580 g/mol. The van der Waals surface area contributed by atoms with Crippen LogP contribution in [0.2, 0.25) is 0 Å². The number of carbonyl (C=O) groups excluding carboxylic acids is 2. The first-order chi connectivity index (χ1) is 20.4. The van der Waals surface area contributed by atoms with E-state index in [9.17, 15) is 9.59 Å². The van der Waals surface area contributed by atoms with Crippen LogP contribution in [0.3, 0.4) is 0 Å². The number of allylic oxidation sites excluding steroid dienone is 6. The number of fused-ring (bicyclic) bond motifs is 4. The maximum atomic E-state index is 13.2. The summed E-state index contributed by atoms with van der Waals surface area (Å²) in [6.07, 6.45) is 25.8. The van der Waals surface area contributed by atoms with Crippen LogP contribution in [0.4, 0.5) is 0 Å². The number of hydrogen-bond donors (Lipinski definition) is 1. The molecule has 232 valence electrons. The number of rotatable bonds is 5. The van der Waals surface area contributed by atoms with Gasteiger partial charge in [-0.25, -0.2) is 0 Å². The first-order valence-electron chi connectivity index (χ1n) is 16.2. The Morgan fingerprint density at radius 3 is 2.43 bits per heavy atom. The number of ether oxygens (including phenoxy) is 3. The third-order valence-electron chi connectivity index (χ3n) is 8.83. The van der Waals surface area contributed by atoms with E-state index in [2.05, 4.69) is 44.3 Å². The zero-order valence-corrected chi connectivity index (χ0v) is 25.9. The Morgan fingerprint density at radius 1 is 0.929 bits per heavy atom. The second-order valence-electron chi connectivity index (χ2n) is 12.4. The van der Waals surface area contributed by atoms with Crippen molar-refractivity contribution in [3.63, 3.8) is 0 Å². The second kappa shape index (κ2) is 17.0. The van der Waals surface area contributed by atoms with Gasteiger partial charge in [-0.2, -0.15) is 0 Å². The van der Waals surface area contributed by atoms with Gasteiger partial charge in [-0.05, 0) is 57.4 Å². The van der Waals surface area contributed by atoms with E-state index in [4.69, 9.17) is 14.2 Å². The second-order valence-corrected chi connectivity index (χ2v) is 12.4. The molecule has 0 aromatic heterocycles. The fourth-order valence-corrected chi connectivity index (χ4v) is 6.42. The number of amides is 1. The Morgan fingerprint density at radius 2 is 1.64 bits per heavy atom. The number of nitrogens with one attached hydrogen (secondary N) is 1. The lowest BCUT2D eigenvalue weighted by atomic mass is 9.90. The molecule has 4 aliphatic rings. The molecule has 1 N–H and O–H groups in total. The summed E-state index contributed by atoms with van der Waals surface area (Å²) in [5, 5.41) is 3.27. The Balaban J connectivity index is 1.40. The Kier molecular flexibility index (Phi) is 13.1. The summed E-state index contributed by atoms with van der Waals surface area (Å²) in [6, 6.07) is 0. The van der Waals surface area contributed by atoms with E-state index >= 15 is 0 Å². The highest BCUT2D eigenvalue weighted by Gasteiger charge is 2.32. The summed E-state index contributed by atoms with van der Waals surface area (Å²) in [5.74, 6) is 0.334. The minimum Gasteiger partial charge on any atom is -0.457 e. The molecule has 3 saturated heterocycles. The van der Waals surface area contributed by atoms with E-state index < -0.39 is 0 Å². The third kappa shape index (κ3) is 10.7. The van der Waals surface area contributed by atoms with E-state index in [1.807, 2.05) is 41.4 Å². The quantitative estimate of drug-likeness (QED) is 0.250. The first kappa shape index (κ1) is 32.4. The highest BCUT2D eigenvalue weighted by molar-refractivity contribution is 5.77. The van der Waals surface area contributed by atoms with E-state index in [1.54, 1.807) is 0 Å². The zero-order chi connectivity index (χ0) is 29.7. The Labute approximate surface area is 253 Å². The Bertz CT molecular complexity index is 1020. The molecule has 4 heterocycles. The van der Waals surface area contributed by atoms with Crippen molar-refractivity contribution in [3.05, 3.63) is 60.3 Å². The SMILES string of the molecule is C/C=C1\CC2CC(=O)OC(/C=C/C=C\C=C\CC(=O)N3CCNCC3)C(C)/C=C/C(C)CC3CCCC(CC(C1)O2)O3. The average Bonchev–Trinajstić information content (AvgIpc) is 2.98. The fraction of sp³-hybridized carbons (Fsp3) is 0.657. The first-order valence-corrected chi connectivity index (χ1v) is 16.2. The van der Waals surface area contributed by atoms with Crippen molar-refractivity contribution in [2.45, 2.75) is 109 Å². The minimum atomic E-state index is -0.382. The van der Waals surface area contributed by atoms with Crippen molar-refractivity contribution >= 4 is 11.9 Å². The standard InChI is InChI=1S/C35H52N2O5/c1-4-28-22-31-24-30-12-10-11-29(40-30)21-26(2)15-16-27(3)33(42-35(39)25-32(23-28)41-31)13-8-6-5-7-9-14-34(38)37-19-17-36-18-20-37/h4-9,13,15-16,26-27,29-33,36H,10-12,14,17-25H2,1-3H3/b6-5-,9-7+,13-8+,16-15+,28-4-. The molecule has 0 aromatic rings. The van der Waals surface area contributed by atoms with Crippen LogP contribution in [0, 0.1) is 11.8 Å². The van der Waals surface area contributed by atoms with Crippen molar-refractivity contribution in [1.29, 1.82) is 0 Å². The van der Waals surface area contributed by atoms with E-state index in [1.165, 1.54) is 12.0 Å². The lowest BCUT2D eigenvalue weighted by molar-refractivity contribution is -0.154. The molecule has 0 aromatic carbocycles. The van der Waals surface area contributed by atoms with Gasteiger partial charge in [0, 0.05) is 44.9 Å². The van der Waals surface area contributed by atoms with Crippen LogP contribution < -0.4 is 5.32 Å². The predicted molar refractivity (Wildman–Crippen MR) is 167 cm³/mol. The van der Waals surface area contributed by atoms with Gasteiger partial charge in [0.25, 0.3) is 0 Å². The highest BCUT2D eigenvalue weighted by Crippen LogP contribution is 2.33. The van der Waals surface area contributed by atoms with Gasteiger partial charge >= 0.3 is 5.97 Å². The number of carbonyl (C=O) groups is 2. The zero-order valence-electron chi connectivity index (χ0n) is 25.9. The number of cyclic esters (lactones) is 1. The molecule has 7 unspecified atom stereocenters. The van der Waals surface area contributed by atoms with Crippen LogP contribution in [0.25, 0.3) is 0 Å². The number of nitrogens with zero attached hydrogens (tertiary/aromatic N) is 1. The lowest BCUT2D eigenvalue weighted by Crippen LogP contribution is -2.46. The van der Waals surface area contributed by atoms with Crippen molar-refractivity contribution in [1.82, 2.24) is 10.2 Å². The van der Waals surface area contributed by atoms with E-state index in [0.29, 0.717) is 12.3 Å². The molecule has 4 rings (SSSR count). The summed E-state index contributed by atoms with van der Waals surface area (Å²) < 4.78 is 19.1. The largest absolute Gasteiger partial charge is 0.457 e. The van der Waals surface area contributed by atoms with E-state index in [-0.39, 0.29) is 54.7 Å². The van der Waals surface area contributed by atoms with Crippen molar-refractivity contribution in [2.75, 3.05) is 26.2 Å². The highest BCUT2D eigenvalue weighted by atomic mass is 16.5. The minimum absolute atomic E-state index is 0.0206. The molecule has 0 spiro atoms. The molecular weight excluding hydrogens is 528 g/mol. The number of hydrogen-bond acceptors (Lipinski definition) is 6. The molecule has 7 nitrogen and oxygen atoms in total. The van der Waals surface area contributed by atoms with Gasteiger partial charge in [0.15, 0.2) is 0 Å². The normalized spacial score (nSPS) is 35.6. The molecule has 3 fully saturated rings. The van der Waals surface area contributed by atoms with Gasteiger partial charge < -0.3 is 24.4 Å². The van der Waals surface area contributed by atoms with Gasteiger partial charge in [-0.15, -0.1) is 0 Å². The molecule has 1 amide bonds. The molecule has 4 aliphatic heterocycles. The molecule has 0 saturated carbocycles. The number of esters is 1.